The number of rotatable bonds is 5. The molecule has 0 aliphatic heterocycles. The Balaban J connectivity index is 2.86. The molecule has 0 amide bonds. The van der Waals surface area contributed by atoms with E-state index in [1.807, 2.05) is 6.92 Å². The zero-order valence-electron chi connectivity index (χ0n) is 10.3. The fraction of sp³-hybridized carbons (Fsp3) is 0.455. The number of likely N-dealkylation sites (N-methyl/N-ethyl adjacent to an activating group) is 1. The van der Waals surface area contributed by atoms with Crippen molar-refractivity contribution in [1.82, 2.24) is 10.3 Å². The van der Waals surface area contributed by atoms with E-state index >= 15 is 0 Å². The standard InChI is InChI=1S/C11H15ClN4O2/c1-3-14-11(13-2)9(16(17)18)6-8-4-5-10(12)15-7-8/h4-5,7,9H,3,6H2,1-2H3,(H,13,14). The van der Waals surface area contributed by atoms with Gasteiger partial charge in [-0.15, -0.1) is 0 Å². The molecule has 98 valence electrons. The molecule has 1 N–H and O–H groups in total. The van der Waals surface area contributed by atoms with Crippen molar-refractivity contribution >= 4 is 17.4 Å². The average Bonchev–Trinajstić information content (AvgIpc) is 2.35. The zero-order chi connectivity index (χ0) is 13.5. The molecule has 1 heterocycles. The first-order chi connectivity index (χ1) is 8.58. The molecule has 7 heteroatoms. The SMILES string of the molecule is CCNC(=NC)C(Cc1ccc(Cl)nc1)[N+](=O)[O-]. The molecule has 1 atom stereocenters. The van der Waals surface area contributed by atoms with Gasteiger partial charge in [0.05, 0.1) is 0 Å². The predicted octanol–water partition coefficient (Wildman–Crippen LogP) is 1.56. The molecule has 0 bridgehead atoms. The van der Waals surface area contributed by atoms with Gasteiger partial charge < -0.3 is 5.32 Å². The van der Waals surface area contributed by atoms with Crippen LogP contribution in [0.1, 0.15) is 12.5 Å². The third kappa shape index (κ3) is 3.96. The summed E-state index contributed by atoms with van der Waals surface area (Å²) in [6.45, 7) is 2.46. The summed E-state index contributed by atoms with van der Waals surface area (Å²) in [6, 6.07) is 2.45. The minimum atomic E-state index is -0.891. The number of aliphatic imine (C=N–C) groups is 1. The molecule has 1 unspecified atom stereocenters. The number of hydrogen-bond acceptors (Lipinski definition) is 4. The quantitative estimate of drug-likeness (QED) is 0.289. The first-order valence-electron chi connectivity index (χ1n) is 5.53. The van der Waals surface area contributed by atoms with E-state index in [4.69, 9.17) is 11.6 Å². The van der Waals surface area contributed by atoms with Crippen molar-refractivity contribution in [2.24, 2.45) is 4.99 Å². The molecule has 0 spiro atoms. The smallest absolute Gasteiger partial charge is 0.272 e. The monoisotopic (exact) mass is 270 g/mol. The van der Waals surface area contributed by atoms with Gasteiger partial charge in [-0.2, -0.15) is 0 Å². The number of nitrogens with zero attached hydrogens (tertiary/aromatic N) is 3. The van der Waals surface area contributed by atoms with Crippen LogP contribution in [0.3, 0.4) is 0 Å². The Bertz CT molecular complexity index is 433. The Labute approximate surface area is 110 Å². The van der Waals surface area contributed by atoms with Crippen molar-refractivity contribution in [3.8, 4) is 0 Å². The molecule has 0 aliphatic carbocycles. The molecular weight excluding hydrogens is 256 g/mol. The summed E-state index contributed by atoms with van der Waals surface area (Å²) in [7, 11) is 1.54. The third-order valence-electron chi connectivity index (χ3n) is 2.39. The fourth-order valence-electron chi connectivity index (χ4n) is 1.55. The van der Waals surface area contributed by atoms with Gasteiger partial charge in [0.25, 0.3) is 6.04 Å². The molecule has 1 rings (SSSR count). The minimum absolute atomic E-state index is 0.233. The highest BCUT2D eigenvalue weighted by Gasteiger charge is 2.26. The molecule has 0 aromatic carbocycles. The van der Waals surface area contributed by atoms with Crippen LogP contribution in [0.25, 0.3) is 0 Å². The normalized spacial score (nSPS) is 13.2. The van der Waals surface area contributed by atoms with Gasteiger partial charge in [-0.25, -0.2) is 4.98 Å². The summed E-state index contributed by atoms with van der Waals surface area (Å²) in [5.74, 6) is 0.373. The van der Waals surface area contributed by atoms with Gasteiger partial charge in [-0.05, 0) is 18.6 Å². The largest absolute Gasteiger partial charge is 0.368 e. The lowest BCUT2D eigenvalue weighted by atomic mass is 10.1. The van der Waals surface area contributed by atoms with E-state index < -0.39 is 6.04 Å². The second-order valence-corrected chi connectivity index (χ2v) is 4.02. The first-order valence-corrected chi connectivity index (χ1v) is 5.90. The lowest BCUT2D eigenvalue weighted by Gasteiger charge is -2.12. The molecule has 18 heavy (non-hydrogen) atoms. The number of aromatic nitrogens is 1. The van der Waals surface area contributed by atoms with E-state index in [2.05, 4.69) is 15.3 Å². The third-order valence-corrected chi connectivity index (χ3v) is 2.61. The first kappa shape index (κ1) is 14.4. The molecule has 0 saturated carbocycles. The van der Waals surface area contributed by atoms with E-state index in [0.717, 1.165) is 5.56 Å². The Morgan fingerprint density at radius 3 is 2.83 bits per heavy atom. The van der Waals surface area contributed by atoms with E-state index in [1.165, 1.54) is 13.2 Å². The number of hydrogen-bond donors (Lipinski definition) is 1. The molecule has 0 radical (unpaired) electrons. The summed E-state index contributed by atoms with van der Waals surface area (Å²) in [5, 5.41) is 14.4. The molecule has 0 fully saturated rings. The maximum absolute atomic E-state index is 11.1. The number of amidine groups is 1. The molecule has 1 aromatic rings. The van der Waals surface area contributed by atoms with E-state index in [0.29, 0.717) is 17.5 Å². The highest BCUT2D eigenvalue weighted by atomic mass is 35.5. The number of pyridine rings is 1. The highest BCUT2D eigenvalue weighted by molar-refractivity contribution is 6.29. The van der Waals surface area contributed by atoms with E-state index in [1.54, 1.807) is 12.1 Å². The Kier molecular flexibility index (Phi) is 5.51. The van der Waals surface area contributed by atoms with E-state index in [-0.39, 0.29) is 11.3 Å². The summed E-state index contributed by atoms with van der Waals surface area (Å²) >= 11 is 5.67. The Hall–Kier alpha value is -1.69. The van der Waals surface area contributed by atoms with Gasteiger partial charge in [0.15, 0.2) is 5.84 Å². The lowest BCUT2D eigenvalue weighted by molar-refractivity contribution is -0.502. The van der Waals surface area contributed by atoms with Crippen LogP contribution in [0.4, 0.5) is 0 Å². The van der Waals surface area contributed by atoms with Gasteiger partial charge in [0.2, 0.25) is 0 Å². The highest BCUT2D eigenvalue weighted by Crippen LogP contribution is 2.09. The number of halogens is 1. The van der Waals surface area contributed by atoms with Crippen LogP contribution >= 0.6 is 11.6 Å². The van der Waals surface area contributed by atoms with Gasteiger partial charge in [-0.1, -0.05) is 17.7 Å². The van der Waals surface area contributed by atoms with Crippen LogP contribution in [-0.2, 0) is 6.42 Å². The summed E-state index contributed by atoms with van der Waals surface area (Å²) in [4.78, 5) is 18.6. The summed E-state index contributed by atoms with van der Waals surface area (Å²) in [6.07, 6.45) is 1.77. The van der Waals surface area contributed by atoms with Crippen LogP contribution < -0.4 is 5.32 Å². The predicted molar refractivity (Wildman–Crippen MR) is 70.8 cm³/mol. The van der Waals surface area contributed by atoms with Crippen molar-refractivity contribution in [2.45, 2.75) is 19.4 Å². The lowest BCUT2D eigenvalue weighted by Crippen LogP contribution is -2.41. The van der Waals surface area contributed by atoms with Crippen LogP contribution in [0.5, 0.6) is 0 Å². The molecule has 1 aromatic heterocycles. The number of nitro groups is 1. The van der Waals surface area contributed by atoms with Crippen LogP contribution in [0, 0.1) is 10.1 Å². The maximum atomic E-state index is 11.1. The van der Waals surface area contributed by atoms with Crippen molar-refractivity contribution < 1.29 is 4.92 Å². The van der Waals surface area contributed by atoms with Crippen LogP contribution in [0.2, 0.25) is 5.15 Å². The van der Waals surface area contributed by atoms with Gasteiger partial charge in [0, 0.05) is 31.1 Å². The van der Waals surface area contributed by atoms with Crippen molar-refractivity contribution in [1.29, 1.82) is 0 Å². The van der Waals surface area contributed by atoms with Gasteiger partial charge in [0.1, 0.15) is 5.15 Å². The Morgan fingerprint density at radius 2 is 2.39 bits per heavy atom. The van der Waals surface area contributed by atoms with Gasteiger partial charge in [-0.3, -0.25) is 15.1 Å². The minimum Gasteiger partial charge on any atom is -0.368 e. The molecule has 6 nitrogen and oxygen atoms in total. The second-order valence-electron chi connectivity index (χ2n) is 3.63. The van der Waals surface area contributed by atoms with Crippen LogP contribution in [-0.4, -0.2) is 35.4 Å². The van der Waals surface area contributed by atoms with Gasteiger partial charge >= 0.3 is 0 Å². The van der Waals surface area contributed by atoms with Crippen molar-refractivity contribution in [2.75, 3.05) is 13.6 Å². The molecule has 0 saturated heterocycles. The topological polar surface area (TPSA) is 80.4 Å². The fourth-order valence-corrected chi connectivity index (χ4v) is 1.66. The van der Waals surface area contributed by atoms with E-state index in [9.17, 15) is 10.1 Å². The summed E-state index contributed by atoms with van der Waals surface area (Å²) < 4.78 is 0. The maximum Gasteiger partial charge on any atom is 0.272 e. The summed E-state index contributed by atoms with van der Waals surface area (Å²) in [5.41, 5.74) is 0.750. The van der Waals surface area contributed by atoms with Crippen molar-refractivity contribution in [3.63, 3.8) is 0 Å². The van der Waals surface area contributed by atoms with Crippen molar-refractivity contribution in [3.05, 3.63) is 39.2 Å². The average molecular weight is 271 g/mol. The van der Waals surface area contributed by atoms with Crippen LogP contribution in [0.15, 0.2) is 23.3 Å². The number of nitrogens with one attached hydrogen (secondary N) is 1. The Morgan fingerprint density at radius 1 is 1.67 bits per heavy atom. The molecule has 0 aliphatic rings. The second kappa shape index (κ2) is 6.90. The zero-order valence-corrected chi connectivity index (χ0v) is 11.0. The molecular formula is C11H15ClN4O2.